The van der Waals surface area contributed by atoms with Gasteiger partial charge >= 0.3 is 0 Å². The summed E-state index contributed by atoms with van der Waals surface area (Å²) in [5, 5.41) is 4.14. The monoisotopic (exact) mass is 291 g/mol. The SMILES string of the molecule is CCCNC(c1cc(C)cc(F)c1)c1ccccc1Cl. The highest BCUT2D eigenvalue weighted by molar-refractivity contribution is 6.31. The Balaban J connectivity index is 2.44. The topological polar surface area (TPSA) is 12.0 Å². The summed E-state index contributed by atoms with van der Waals surface area (Å²) in [6.07, 6.45) is 1.01. The van der Waals surface area contributed by atoms with Crippen molar-refractivity contribution in [1.82, 2.24) is 5.32 Å². The minimum Gasteiger partial charge on any atom is -0.306 e. The molecule has 0 aliphatic carbocycles. The van der Waals surface area contributed by atoms with Gasteiger partial charge in [0.15, 0.2) is 0 Å². The molecule has 1 atom stereocenters. The maximum atomic E-state index is 13.7. The van der Waals surface area contributed by atoms with E-state index in [1.165, 1.54) is 6.07 Å². The van der Waals surface area contributed by atoms with Crippen molar-refractivity contribution in [2.45, 2.75) is 26.3 Å². The number of nitrogens with one attached hydrogen (secondary N) is 1. The van der Waals surface area contributed by atoms with Gasteiger partial charge in [-0.15, -0.1) is 0 Å². The largest absolute Gasteiger partial charge is 0.306 e. The van der Waals surface area contributed by atoms with Gasteiger partial charge in [-0.2, -0.15) is 0 Å². The normalized spacial score (nSPS) is 12.4. The average molecular weight is 292 g/mol. The molecular weight excluding hydrogens is 273 g/mol. The highest BCUT2D eigenvalue weighted by atomic mass is 35.5. The molecule has 0 aliphatic heterocycles. The number of hydrogen-bond acceptors (Lipinski definition) is 1. The van der Waals surface area contributed by atoms with Gasteiger partial charge in [0.2, 0.25) is 0 Å². The van der Waals surface area contributed by atoms with Crippen LogP contribution in [0.1, 0.15) is 36.1 Å². The summed E-state index contributed by atoms with van der Waals surface area (Å²) in [7, 11) is 0. The summed E-state index contributed by atoms with van der Waals surface area (Å²) < 4.78 is 13.7. The first-order chi connectivity index (χ1) is 9.61. The quantitative estimate of drug-likeness (QED) is 0.828. The van der Waals surface area contributed by atoms with Crippen molar-refractivity contribution in [1.29, 1.82) is 0 Å². The summed E-state index contributed by atoms with van der Waals surface area (Å²) in [6.45, 7) is 4.86. The van der Waals surface area contributed by atoms with Crippen LogP contribution in [0.15, 0.2) is 42.5 Å². The molecule has 2 rings (SSSR count). The Kier molecular flexibility index (Phi) is 5.16. The molecule has 2 aromatic carbocycles. The Labute approximate surface area is 124 Å². The van der Waals surface area contributed by atoms with E-state index in [4.69, 9.17) is 11.6 Å². The van der Waals surface area contributed by atoms with E-state index in [1.54, 1.807) is 6.07 Å². The first kappa shape index (κ1) is 15.0. The summed E-state index contributed by atoms with van der Waals surface area (Å²) >= 11 is 6.29. The lowest BCUT2D eigenvalue weighted by molar-refractivity contribution is 0.585. The predicted octanol–water partition coefficient (Wildman–Crippen LogP) is 4.88. The van der Waals surface area contributed by atoms with E-state index in [2.05, 4.69) is 12.2 Å². The summed E-state index contributed by atoms with van der Waals surface area (Å²) in [5.74, 6) is -0.213. The van der Waals surface area contributed by atoms with Crippen LogP contribution in [0.25, 0.3) is 0 Å². The van der Waals surface area contributed by atoms with Gasteiger partial charge in [-0.3, -0.25) is 0 Å². The fourth-order valence-corrected chi connectivity index (χ4v) is 2.58. The van der Waals surface area contributed by atoms with Crippen molar-refractivity contribution in [2.75, 3.05) is 6.54 Å². The molecule has 0 bridgehead atoms. The van der Waals surface area contributed by atoms with Gasteiger partial charge < -0.3 is 5.32 Å². The molecule has 3 heteroatoms. The van der Waals surface area contributed by atoms with Crippen LogP contribution in [0.5, 0.6) is 0 Å². The zero-order valence-electron chi connectivity index (χ0n) is 11.8. The lowest BCUT2D eigenvalue weighted by atomic mass is 9.97. The molecule has 1 nitrogen and oxygen atoms in total. The highest BCUT2D eigenvalue weighted by Crippen LogP contribution is 2.29. The molecule has 0 radical (unpaired) electrons. The number of rotatable bonds is 5. The van der Waals surface area contributed by atoms with Crippen LogP contribution in [-0.2, 0) is 0 Å². The molecule has 2 aromatic rings. The van der Waals surface area contributed by atoms with E-state index in [9.17, 15) is 4.39 Å². The maximum Gasteiger partial charge on any atom is 0.123 e. The summed E-state index contributed by atoms with van der Waals surface area (Å²) in [4.78, 5) is 0. The molecule has 0 amide bonds. The van der Waals surface area contributed by atoms with E-state index in [-0.39, 0.29) is 11.9 Å². The van der Waals surface area contributed by atoms with E-state index in [0.29, 0.717) is 5.02 Å². The summed E-state index contributed by atoms with van der Waals surface area (Å²) in [6, 6.07) is 12.7. The second-order valence-corrected chi connectivity index (χ2v) is 5.38. The van der Waals surface area contributed by atoms with Crippen molar-refractivity contribution in [3.05, 3.63) is 70.0 Å². The Bertz CT molecular complexity index is 563. The molecule has 106 valence electrons. The minimum absolute atomic E-state index is 0.0851. The fourth-order valence-electron chi connectivity index (χ4n) is 2.34. The van der Waals surface area contributed by atoms with Crippen LogP contribution in [0, 0.1) is 12.7 Å². The first-order valence-electron chi connectivity index (χ1n) is 6.86. The molecular formula is C17H19ClFN. The molecule has 0 aromatic heterocycles. The van der Waals surface area contributed by atoms with Crippen LogP contribution in [-0.4, -0.2) is 6.54 Å². The van der Waals surface area contributed by atoms with Crippen molar-refractivity contribution in [3.8, 4) is 0 Å². The zero-order valence-corrected chi connectivity index (χ0v) is 12.5. The van der Waals surface area contributed by atoms with Crippen molar-refractivity contribution >= 4 is 11.6 Å². The predicted molar refractivity (Wildman–Crippen MR) is 82.7 cm³/mol. The second-order valence-electron chi connectivity index (χ2n) is 4.97. The van der Waals surface area contributed by atoms with E-state index in [0.717, 1.165) is 29.7 Å². The Morgan fingerprint density at radius 1 is 1.20 bits per heavy atom. The highest BCUT2D eigenvalue weighted by Gasteiger charge is 2.17. The van der Waals surface area contributed by atoms with Gasteiger partial charge in [0, 0.05) is 5.02 Å². The van der Waals surface area contributed by atoms with Crippen LogP contribution in [0.2, 0.25) is 5.02 Å². The molecule has 0 heterocycles. The third-order valence-corrected chi connectivity index (χ3v) is 3.56. The number of hydrogen-bond donors (Lipinski definition) is 1. The average Bonchev–Trinajstić information content (AvgIpc) is 2.40. The van der Waals surface area contributed by atoms with Crippen LogP contribution in [0.4, 0.5) is 4.39 Å². The Morgan fingerprint density at radius 2 is 1.95 bits per heavy atom. The zero-order chi connectivity index (χ0) is 14.5. The van der Waals surface area contributed by atoms with Gasteiger partial charge in [-0.05, 0) is 54.8 Å². The van der Waals surface area contributed by atoms with Gasteiger partial charge in [0.25, 0.3) is 0 Å². The van der Waals surface area contributed by atoms with Crippen LogP contribution >= 0.6 is 11.6 Å². The van der Waals surface area contributed by atoms with E-state index in [1.807, 2.05) is 37.3 Å². The number of halogens is 2. The smallest absolute Gasteiger partial charge is 0.123 e. The van der Waals surface area contributed by atoms with Crippen molar-refractivity contribution in [3.63, 3.8) is 0 Å². The van der Waals surface area contributed by atoms with Crippen molar-refractivity contribution in [2.24, 2.45) is 0 Å². The molecule has 1 unspecified atom stereocenters. The Morgan fingerprint density at radius 3 is 2.60 bits per heavy atom. The molecule has 1 N–H and O–H groups in total. The third-order valence-electron chi connectivity index (χ3n) is 3.21. The number of benzene rings is 2. The minimum atomic E-state index is -0.213. The number of aryl methyl sites for hydroxylation is 1. The lowest BCUT2D eigenvalue weighted by Gasteiger charge is -2.21. The molecule has 0 spiro atoms. The van der Waals surface area contributed by atoms with Crippen LogP contribution in [0.3, 0.4) is 0 Å². The standard InChI is InChI=1S/C17H19ClFN/c1-3-8-20-17(15-6-4-5-7-16(15)18)13-9-12(2)10-14(19)11-13/h4-7,9-11,17,20H,3,8H2,1-2H3. The molecule has 0 aliphatic rings. The van der Waals surface area contributed by atoms with Gasteiger partial charge in [0.1, 0.15) is 5.82 Å². The van der Waals surface area contributed by atoms with E-state index < -0.39 is 0 Å². The van der Waals surface area contributed by atoms with Crippen LogP contribution < -0.4 is 5.32 Å². The second kappa shape index (κ2) is 6.87. The fraction of sp³-hybridized carbons (Fsp3) is 0.294. The van der Waals surface area contributed by atoms with Crippen molar-refractivity contribution < 1.29 is 4.39 Å². The molecule has 0 saturated carbocycles. The van der Waals surface area contributed by atoms with Gasteiger partial charge in [-0.1, -0.05) is 42.8 Å². The lowest BCUT2D eigenvalue weighted by Crippen LogP contribution is -2.23. The van der Waals surface area contributed by atoms with E-state index >= 15 is 0 Å². The molecule has 0 saturated heterocycles. The molecule has 20 heavy (non-hydrogen) atoms. The van der Waals surface area contributed by atoms with Gasteiger partial charge in [0.05, 0.1) is 6.04 Å². The Hall–Kier alpha value is -1.38. The van der Waals surface area contributed by atoms with Gasteiger partial charge in [-0.25, -0.2) is 4.39 Å². The summed E-state index contributed by atoms with van der Waals surface area (Å²) in [5.41, 5.74) is 2.80. The maximum absolute atomic E-state index is 13.7. The molecule has 0 fully saturated rings. The first-order valence-corrected chi connectivity index (χ1v) is 7.24. The third kappa shape index (κ3) is 3.59.